The van der Waals surface area contributed by atoms with Gasteiger partial charge in [0.05, 0.1) is 24.6 Å². The van der Waals surface area contributed by atoms with E-state index >= 15 is 0 Å². The summed E-state index contributed by atoms with van der Waals surface area (Å²) in [5.41, 5.74) is 2.97. The monoisotopic (exact) mass is 586 g/mol. The number of carbonyl (C=O) groups excluding carboxylic acids is 3. The number of nitrogens with zero attached hydrogens (tertiary/aromatic N) is 6. The van der Waals surface area contributed by atoms with Gasteiger partial charge in [0.2, 0.25) is 0 Å². The third kappa shape index (κ3) is 4.38. The minimum atomic E-state index is -1.03. The van der Waals surface area contributed by atoms with Crippen molar-refractivity contribution in [1.82, 2.24) is 10.0 Å². The molecule has 3 amide bonds. The Bertz CT molecular complexity index is 1510. The maximum Gasteiger partial charge on any atom is 0.264 e. The summed E-state index contributed by atoms with van der Waals surface area (Å²) < 4.78 is 6.30. The first-order valence-corrected chi connectivity index (χ1v) is 13.1. The van der Waals surface area contributed by atoms with Gasteiger partial charge in [-0.15, -0.1) is 0 Å². The second kappa shape index (κ2) is 10.1. The molecule has 0 aliphatic carbocycles. The number of carbonyl (C=O) groups is 3. The van der Waals surface area contributed by atoms with Crippen molar-refractivity contribution in [3.05, 3.63) is 94.5 Å². The number of anilines is 1. The number of methoxy groups -OCH3 is 1. The van der Waals surface area contributed by atoms with Gasteiger partial charge in [0.1, 0.15) is 12.3 Å². The second-order valence-electron chi connectivity index (χ2n) is 9.30. The maximum atomic E-state index is 13.7. The van der Waals surface area contributed by atoms with Crippen molar-refractivity contribution >= 4 is 45.1 Å². The molecule has 0 unspecified atom stereocenters. The van der Waals surface area contributed by atoms with Crippen LogP contribution >= 0.6 is 15.9 Å². The number of amides is 3. The summed E-state index contributed by atoms with van der Waals surface area (Å²) in [5, 5.41) is 15.5. The molecular formula is C28H23BrN6O4. The Morgan fingerprint density at radius 1 is 0.974 bits per heavy atom. The van der Waals surface area contributed by atoms with Gasteiger partial charge in [-0.05, 0) is 35.4 Å². The maximum absolute atomic E-state index is 13.7. The number of hydrazone groups is 1. The summed E-state index contributed by atoms with van der Waals surface area (Å²) in [6, 6.07) is 21.9. The van der Waals surface area contributed by atoms with Gasteiger partial charge < -0.3 is 4.74 Å². The molecule has 3 heterocycles. The molecule has 6 rings (SSSR count). The largest absolute Gasteiger partial charge is 0.495 e. The van der Waals surface area contributed by atoms with Gasteiger partial charge in [0.25, 0.3) is 17.7 Å². The van der Waals surface area contributed by atoms with Crippen LogP contribution in [0.25, 0.3) is 0 Å². The fraction of sp³-hybridized carbons (Fsp3) is 0.214. The SMILES string of the molecule is COc1ccccc1N1C(=O)[C@@H]2[C@@H](N=NN2CC(=O)N2N=C(c3ccc(Br)cc3)C[C@H]2c2ccccc2)C1=O. The first-order chi connectivity index (χ1) is 19.0. The van der Waals surface area contributed by atoms with E-state index in [1.54, 1.807) is 24.3 Å². The zero-order valence-electron chi connectivity index (χ0n) is 20.8. The Balaban J connectivity index is 1.26. The lowest BCUT2D eigenvalue weighted by atomic mass is 9.98. The molecule has 0 saturated carbocycles. The molecule has 39 heavy (non-hydrogen) atoms. The van der Waals surface area contributed by atoms with Crippen molar-refractivity contribution in [2.75, 3.05) is 18.6 Å². The molecule has 3 aromatic rings. The van der Waals surface area contributed by atoms with Crippen LogP contribution in [0.3, 0.4) is 0 Å². The minimum Gasteiger partial charge on any atom is -0.495 e. The zero-order chi connectivity index (χ0) is 27.1. The van der Waals surface area contributed by atoms with Gasteiger partial charge in [0.15, 0.2) is 12.1 Å². The van der Waals surface area contributed by atoms with Crippen LogP contribution in [0.5, 0.6) is 5.75 Å². The first kappa shape index (κ1) is 24.9. The molecule has 1 fully saturated rings. The topological polar surface area (TPSA) is 107 Å². The van der Waals surface area contributed by atoms with Crippen molar-refractivity contribution in [2.45, 2.75) is 24.5 Å². The fourth-order valence-electron chi connectivity index (χ4n) is 5.11. The van der Waals surface area contributed by atoms with Crippen molar-refractivity contribution in [1.29, 1.82) is 0 Å². The van der Waals surface area contributed by atoms with E-state index in [2.05, 4.69) is 26.3 Å². The third-order valence-corrected chi connectivity index (χ3v) is 7.54. The van der Waals surface area contributed by atoms with Gasteiger partial charge in [-0.1, -0.05) is 75.8 Å². The van der Waals surface area contributed by atoms with Crippen LogP contribution in [-0.4, -0.2) is 59.2 Å². The molecule has 0 spiro atoms. The summed E-state index contributed by atoms with van der Waals surface area (Å²) in [7, 11) is 1.47. The molecule has 0 N–H and O–H groups in total. The highest BCUT2D eigenvalue weighted by Crippen LogP contribution is 2.37. The van der Waals surface area contributed by atoms with Crippen LogP contribution in [0.2, 0.25) is 0 Å². The first-order valence-electron chi connectivity index (χ1n) is 12.3. The Labute approximate surface area is 232 Å². The van der Waals surface area contributed by atoms with Crippen molar-refractivity contribution in [2.24, 2.45) is 15.4 Å². The summed E-state index contributed by atoms with van der Waals surface area (Å²) in [5.74, 6) is -0.984. The number of benzene rings is 3. The van der Waals surface area contributed by atoms with Crippen LogP contribution in [0.15, 0.2) is 98.8 Å². The molecule has 10 nitrogen and oxygen atoms in total. The molecule has 3 aliphatic heterocycles. The van der Waals surface area contributed by atoms with Crippen LogP contribution in [0.1, 0.15) is 23.6 Å². The smallest absolute Gasteiger partial charge is 0.264 e. The molecule has 0 aromatic heterocycles. The molecular weight excluding hydrogens is 564 g/mol. The number of hydrogen-bond acceptors (Lipinski definition) is 8. The Morgan fingerprint density at radius 2 is 1.69 bits per heavy atom. The number of imide groups is 1. The Kier molecular flexibility index (Phi) is 6.43. The molecule has 0 bridgehead atoms. The van der Waals surface area contributed by atoms with Gasteiger partial charge in [-0.25, -0.2) is 9.91 Å². The number of ether oxygens (including phenoxy) is 1. The van der Waals surface area contributed by atoms with Gasteiger partial charge in [-0.3, -0.25) is 19.4 Å². The van der Waals surface area contributed by atoms with E-state index in [0.29, 0.717) is 17.9 Å². The normalized spacial score (nSPS) is 21.9. The number of fused-ring (bicyclic) bond motifs is 1. The number of rotatable bonds is 6. The number of halogens is 1. The Hall–Kier alpha value is -4.38. The van der Waals surface area contributed by atoms with E-state index in [1.807, 2.05) is 54.6 Å². The van der Waals surface area contributed by atoms with Crippen LogP contribution in [-0.2, 0) is 14.4 Å². The van der Waals surface area contributed by atoms with Gasteiger partial charge in [-0.2, -0.15) is 10.2 Å². The average Bonchev–Trinajstić information content (AvgIpc) is 3.65. The fourth-order valence-corrected chi connectivity index (χ4v) is 5.37. The zero-order valence-corrected chi connectivity index (χ0v) is 22.4. The lowest BCUT2D eigenvalue weighted by molar-refractivity contribution is -0.135. The summed E-state index contributed by atoms with van der Waals surface area (Å²) in [4.78, 5) is 41.4. The van der Waals surface area contributed by atoms with E-state index < -0.39 is 23.9 Å². The lowest BCUT2D eigenvalue weighted by Crippen LogP contribution is -2.44. The van der Waals surface area contributed by atoms with Crippen LogP contribution in [0, 0.1) is 0 Å². The Morgan fingerprint density at radius 3 is 2.44 bits per heavy atom. The molecule has 3 atom stereocenters. The highest BCUT2D eigenvalue weighted by molar-refractivity contribution is 9.10. The average molecular weight is 587 g/mol. The third-order valence-electron chi connectivity index (χ3n) is 7.01. The van der Waals surface area contributed by atoms with E-state index in [4.69, 9.17) is 9.84 Å². The minimum absolute atomic E-state index is 0.260. The van der Waals surface area contributed by atoms with Crippen molar-refractivity contribution in [3.63, 3.8) is 0 Å². The van der Waals surface area contributed by atoms with Crippen molar-refractivity contribution < 1.29 is 19.1 Å². The predicted molar refractivity (Wildman–Crippen MR) is 146 cm³/mol. The lowest BCUT2D eigenvalue weighted by Gasteiger charge is -2.25. The van der Waals surface area contributed by atoms with E-state index in [1.165, 1.54) is 17.1 Å². The molecule has 3 aliphatic rings. The van der Waals surface area contributed by atoms with Gasteiger partial charge >= 0.3 is 0 Å². The second-order valence-corrected chi connectivity index (χ2v) is 10.2. The van der Waals surface area contributed by atoms with E-state index in [0.717, 1.165) is 26.2 Å². The van der Waals surface area contributed by atoms with Crippen LogP contribution < -0.4 is 9.64 Å². The van der Waals surface area contributed by atoms with Crippen molar-refractivity contribution in [3.8, 4) is 5.75 Å². The molecule has 11 heteroatoms. The quantitative estimate of drug-likeness (QED) is 0.404. The van der Waals surface area contributed by atoms with E-state index in [9.17, 15) is 14.4 Å². The molecule has 1 saturated heterocycles. The summed E-state index contributed by atoms with van der Waals surface area (Å²) in [6.45, 7) is -0.260. The van der Waals surface area contributed by atoms with Crippen LogP contribution in [0.4, 0.5) is 5.69 Å². The molecule has 196 valence electrons. The van der Waals surface area contributed by atoms with Gasteiger partial charge in [0, 0.05) is 10.9 Å². The highest BCUT2D eigenvalue weighted by Gasteiger charge is 2.56. The summed E-state index contributed by atoms with van der Waals surface area (Å²) >= 11 is 3.45. The highest BCUT2D eigenvalue weighted by atomic mass is 79.9. The predicted octanol–water partition coefficient (Wildman–Crippen LogP) is 4.13. The number of hydrogen-bond donors (Lipinski definition) is 0. The molecule has 3 aromatic carbocycles. The molecule has 0 radical (unpaired) electrons. The number of para-hydroxylation sites is 2. The standard InChI is InChI=1S/C28H23BrN6O4/c1-39-23-10-6-5-9-21(23)34-27(37)25-26(28(34)38)33(32-30-25)16-24(36)35-22(18-7-3-2-4-8-18)15-20(31-35)17-11-13-19(29)14-12-17/h2-14,22,25-26H,15-16H2,1H3/t22-,25+,26-/m0/s1. The van der Waals surface area contributed by atoms with E-state index in [-0.39, 0.29) is 18.5 Å². The summed E-state index contributed by atoms with van der Waals surface area (Å²) in [6.07, 6.45) is 0.532.